The maximum Gasteiger partial charge on any atom is 0.319 e. The second-order valence-electron chi connectivity index (χ2n) is 11.7. The second kappa shape index (κ2) is 10.8. The lowest BCUT2D eigenvalue weighted by Gasteiger charge is -2.48. The average Bonchev–Trinajstić information content (AvgIpc) is 3.34. The van der Waals surface area contributed by atoms with Crippen molar-refractivity contribution in [3.8, 4) is 11.4 Å². The Balaban J connectivity index is 1.57. The molecule has 2 aliphatic rings. The average molecular weight is 579 g/mol. The van der Waals surface area contributed by atoms with Crippen LogP contribution in [0.3, 0.4) is 0 Å². The standard InChI is InChI=1S/C33H33F3N2O4/c1-32(2)20-42-33(11-13-37(14-12-33)18-28(39)40-3)30-29-26(38(31(30)32)23-9-10-24(35)25(36)17-23)15-22(34)16-27(29)41-19-21-7-5-4-6-8-21/h4-10,15-17H,11-14,18-20H2,1-3H3. The highest BCUT2D eigenvalue weighted by atomic mass is 19.2. The van der Waals surface area contributed by atoms with Gasteiger partial charge in [0.1, 0.15) is 18.2 Å². The van der Waals surface area contributed by atoms with Crippen molar-refractivity contribution < 1.29 is 32.2 Å². The Labute approximate surface area is 242 Å². The number of likely N-dealkylation sites (tertiary alicyclic amines) is 1. The van der Waals surface area contributed by atoms with Crippen molar-refractivity contribution in [1.82, 2.24) is 9.47 Å². The number of hydrogen-bond acceptors (Lipinski definition) is 5. The first-order chi connectivity index (χ1) is 20.1. The fourth-order valence-corrected chi connectivity index (χ4v) is 6.35. The minimum Gasteiger partial charge on any atom is -0.488 e. The van der Waals surface area contributed by atoms with Gasteiger partial charge >= 0.3 is 5.97 Å². The monoisotopic (exact) mass is 578 g/mol. The summed E-state index contributed by atoms with van der Waals surface area (Å²) in [6.07, 6.45) is 1.14. The fourth-order valence-electron chi connectivity index (χ4n) is 6.35. The van der Waals surface area contributed by atoms with Gasteiger partial charge < -0.3 is 18.8 Å². The number of aromatic nitrogens is 1. The Hall–Kier alpha value is -3.82. The fraction of sp³-hybridized carbons (Fsp3) is 0.364. The Morgan fingerprint density at radius 1 is 0.976 bits per heavy atom. The van der Waals surface area contributed by atoms with Crippen LogP contribution in [0.25, 0.3) is 16.6 Å². The molecule has 3 aromatic carbocycles. The van der Waals surface area contributed by atoms with Crippen LogP contribution in [0, 0.1) is 17.5 Å². The van der Waals surface area contributed by atoms with Gasteiger partial charge in [-0.2, -0.15) is 0 Å². The first kappa shape index (κ1) is 28.3. The van der Waals surface area contributed by atoms with E-state index in [1.165, 1.54) is 25.3 Å². The van der Waals surface area contributed by atoms with Crippen LogP contribution in [0.4, 0.5) is 13.2 Å². The highest BCUT2D eigenvalue weighted by Gasteiger charge is 2.50. The molecule has 0 bridgehead atoms. The second-order valence-corrected chi connectivity index (χ2v) is 11.7. The number of carbonyl (C=O) groups is 1. The van der Waals surface area contributed by atoms with Crippen molar-refractivity contribution in [3.05, 3.63) is 94.9 Å². The van der Waals surface area contributed by atoms with Crippen LogP contribution in [0.15, 0.2) is 60.7 Å². The molecule has 0 aliphatic carbocycles. The van der Waals surface area contributed by atoms with Gasteiger partial charge in [-0.1, -0.05) is 44.2 Å². The van der Waals surface area contributed by atoms with Crippen LogP contribution in [-0.2, 0) is 31.9 Å². The maximum absolute atomic E-state index is 15.4. The van der Waals surface area contributed by atoms with E-state index >= 15 is 4.39 Å². The quantitative estimate of drug-likeness (QED) is 0.248. The number of halogens is 3. The lowest BCUT2D eigenvalue weighted by atomic mass is 9.74. The third kappa shape index (κ3) is 4.94. The van der Waals surface area contributed by atoms with E-state index < -0.39 is 28.5 Å². The van der Waals surface area contributed by atoms with Crippen molar-refractivity contribution in [2.24, 2.45) is 0 Å². The molecule has 6 nitrogen and oxygen atoms in total. The smallest absolute Gasteiger partial charge is 0.319 e. The predicted octanol–water partition coefficient (Wildman–Crippen LogP) is 6.40. The molecule has 220 valence electrons. The molecule has 9 heteroatoms. The minimum absolute atomic E-state index is 0.179. The number of ether oxygens (including phenoxy) is 3. The van der Waals surface area contributed by atoms with Gasteiger partial charge in [0, 0.05) is 53.0 Å². The maximum atomic E-state index is 15.4. The van der Waals surface area contributed by atoms with E-state index in [4.69, 9.17) is 14.2 Å². The van der Waals surface area contributed by atoms with Gasteiger partial charge in [0.25, 0.3) is 0 Å². The van der Waals surface area contributed by atoms with E-state index in [-0.39, 0.29) is 19.1 Å². The van der Waals surface area contributed by atoms with E-state index in [9.17, 15) is 13.6 Å². The van der Waals surface area contributed by atoms with Crippen LogP contribution < -0.4 is 4.74 Å². The normalized spacial score (nSPS) is 17.8. The molecule has 2 aliphatic heterocycles. The summed E-state index contributed by atoms with van der Waals surface area (Å²) in [6, 6.07) is 16.1. The number of benzene rings is 3. The number of rotatable bonds is 6. The highest BCUT2D eigenvalue weighted by molar-refractivity contribution is 5.94. The molecule has 6 rings (SSSR count). The molecular weight excluding hydrogens is 545 g/mol. The number of carbonyl (C=O) groups excluding carboxylic acids is 1. The van der Waals surface area contributed by atoms with Gasteiger partial charge in [-0.3, -0.25) is 9.69 Å². The van der Waals surface area contributed by atoms with Crippen LogP contribution in [0.1, 0.15) is 43.5 Å². The third-order valence-corrected chi connectivity index (χ3v) is 8.45. The SMILES string of the molecule is COC(=O)CN1CCC2(CC1)OCC(C)(C)c1c2c2c(OCc3ccccc3)cc(F)cc2n1-c1ccc(F)c(F)c1. The molecule has 3 heterocycles. The van der Waals surface area contributed by atoms with Crippen LogP contribution >= 0.6 is 0 Å². The number of fused-ring (bicyclic) bond motifs is 4. The van der Waals surface area contributed by atoms with Crippen LogP contribution in [0.2, 0.25) is 0 Å². The molecule has 4 aromatic rings. The van der Waals surface area contributed by atoms with Crippen molar-refractivity contribution in [1.29, 1.82) is 0 Å². The Bertz CT molecular complexity index is 1640. The molecule has 0 saturated carbocycles. The van der Waals surface area contributed by atoms with Gasteiger partial charge in [-0.05, 0) is 36.6 Å². The van der Waals surface area contributed by atoms with Crippen molar-refractivity contribution >= 4 is 16.9 Å². The minimum atomic E-state index is -0.990. The zero-order valence-corrected chi connectivity index (χ0v) is 23.9. The van der Waals surface area contributed by atoms with Gasteiger partial charge in [0.05, 0.1) is 31.4 Å². The molecule has 0 unspecified atom stereocenters. The summed E-state index contributed by atoms with van der Waals surface area (Å²) in [7, 11) is 1.37. The number of nitrogens with zero attached hydrogens (tertiary/aromatic N) is 2. The van der Waals surface area contributed by atoms with E-state index in [0.29, 0.717) is 54.9 Å². The van der Waals surface area contributed by atoms with Gasteiger partial charge in [-0.15, -0.1) is 0 Å². The lowest BCUT2D eigenvalue weighted by Crippen LogP contribution is -2.51. The van der Waals surface area contributed by atoms with E-state index in [1.54, 1.807) is 0 Å². The summed E-state index contributed by atoms with van der Waals surface area (Å²) in [5.74, 6) is -2.41. The first-order valence-electron chi connectivity index (χ1n) is 14.1. The summed E-state index contributed by atoms with van der Waals surface area (Å²) < 4.78 is 63.8. The molecule has 0 amide bonds. The summed E-state index contributed by atoms with van der Waals surface area (Å²) in [5, 5.41) is 0.682. The van der Waals surface area contributed by atoms with Gasteiger partial charge in [-0.25, -0.2) is 13.2 Å². The number of hydrogen-bond donors (Lipinski definition) is 0. The molecule has 1 saturated heterocycles. The zero-order chi connectivity index (χ0) is 29.6. The largest absolute Gasteiger partial charge is 0.488 e. The molecule has 0 atom stereocenters. The van der Waals surface area contributed by atoms with Gasteiger partial charge in [0.2, 0.25) is 0 Å². The van der Waals surface area contributed by atoms with Gasteiger partial charge in [0.15, 0.2) is 11.6 Å². The Kier molecular flexibility index (Phi) is 7.27. The van der Waals surface area contributed by atoms with Crippen LogP contribution in [0.5, 0.6) is 5.75 Å². The number of piperidine rings is 1. The molecule has 1 aromatic heterocycles. The molecule has 0 radical (unpaired) electrons. The number of esters is 1. The topological polar surface area (TPSA) is 52.9 Å². The summed E-state index contributed by atoms with van der Waals surface area (Å²) >= 11 is 0. The summed E-state index contributed by atoms with van der Waals surface area (Å²) in [6.45, 7) is 5.97. The molecular formula is C33H33F3N2O4. The van der Waals surface area contributed by atoms with Crippen LogP contribution in [-0.4, -0.2) is 48.8 Å². The summed E-state index contributed by atoms with van der Waals surface area (Å²) in [5.41, 5.74) is 2.16. The zero-order valence-electron chi connectivity index (χ0n) is 23.9. The lowest BCUT2D eigenvalue weighted by molar-refractivity contribution is -0.146. The molecule has 42 heavy (non-hydrogen) atoms. The van der Waals surface area contributed by atoms with Crippen molar-refractivity contribution in [3.63, 3.8) is 0 Å². The molecule has 1 fully saturated rings. The van der Waals surface area contributed by atoms with E-state index in [0.717, 1.165) is 29.0 Å². The van der Waals surface area contributed by atoms with Crippen molar-refractivity contribution in [2.45, 2.75) is 44.3 Å². The van der Waals surface area contributed by atoms with E-state index in [1.807, 2.05) is 53.6 Å². The first-order valence-corrected chi connectivity index (χ1v) is 14.1. The highest BCUT2D eigenvalue weighted by Crippen LogP contribution is 2.53. The Morgan fingerprint density at radius 3 is 2.40 bits per heavy atom. The molecule has 0 N–H and O–H groups in total. The number of methoxy groups -OCH3 is 1. The van der Waals surface area contributed by atoms with E-state index in [2.05, 4.69) is 0 Å². The predicted molar refractivity (Wildman–Crippen MR) is 152 cm³/mol. The summed E-state index contributed by atoms with van der Waals surface area (Å²) in [4.78, 5) is 14.0. The third-order valence-electron chi connectivity index (χ3n) is 8.45. The van der Waals surface area contributed by atoms with Crippen molar-refractivity contribution in [2.75, 3.05) is 33.4 Å². The Morgan fingerprint density at radius 2 is 1.71 bits per heavy atom. The molecule has 1 spiro atoms.